The van der Waals surface area contributed by atoms with Gasteiger partial charge in [0, 0.05) is 5.92 Å². The van der Waals surface area contributed by atoms with Crippen LogP contribution in [-0.4, -0.2) is 13.3 Å². The summed E-state index contributed by atoms with van der Waals surface area (Å²) in [6.45, 7) is 1.98. The lowest BCUT2D eigenvalue weighted by Gasteiger charge is -2.17. The van der Waals surface area contributed by atoms with E-state index in [-0.39, 0.29) is 5.92 Å². The zero-order valence-corrected chi connectivity index (χ0v) is 6.88. The van der Waals surface area contributed by atoms with E-state index in [1.54, 1.807) is 7.11 Å². The van der Waals surface area contributed by atoms with Crippen LogP contribution in [0.4, 0.5) is 4.39 Å². The third-order valence-electron chi connectivity index (χ3n) is 1.95. The molecule has 1 nitrogen and oxygen atoms in total. The Morgan fingerprint density at radius 3 is 2.82 bits per heavy atom. The minimum atomic E-state index is -0.875. The lowest BCUT2D eigenvalue weighted by Crippen LogP contribution is -2.14. The van der Waals surface area contributed by atoms with Gasteiger partial charge in [-0.1, -0.05) is 13.0 Å². The van der Waals surface area contributed by atoms with Crippen LogP contribution in [0, 0.1) is 5.92 Å². The molecule has 0 heterocycles. The quantitative estimate of drug-likeness (QED) is 0.596. The highest BCUT2D eigenvalue weighted by Gasteiger charge is 2.18. The van der Waals surface area contributed by atoms with Crippen molar-refractivity contribution in [2.45, 2.75) is 19.5 Å². The Bertz CT molecular complexity index is 184. The van der Waals surface area contributed by atoms with Crippen molar-refractivity contribution in [2.75, 3.05) is 7.11 Å². The maximum absolute atomic E-state index is 13.1. The lowest BCUT2D eigenvalue weighted by molar-refractivity contribution is 0.265. The SMILES string of the molecule is CCC1C=CC(OC)=CC1F. The van der Waals surface area contributed by atoms with Crippen molar-refractivity contribution in [3.05, 3.63) is 24.0 Å². The maximum Gasteiger partial charge on any atom is 0.128 e. The average molecular weight is 156 g/mol. The maximum atomic E-state index is 13.1. The molecule has 1 rings (SSSR count). The molecule has 62 valence electrons. The molecule has 2 unspecified atom stereocenters. The first-order chi connectivity index (χ1) is 5.27. The molecule has 0 fully saturated rings. The summed E-state index contributed by atoms with van der Waals surface area (Å²) in [4.78, 5) is 0. The van der Waals surface area contributed by atoms with E-state index in [1.165, 1.54) is 6.08 Å². The zero-order chi connectivity index (χ0) is 8.27. The standard InChI is InChI=1S/C9H13FO/c1-3-7-4-5-8(11-2)6-9(7)10/h4-7,9H,3H2,1-2H3. The minimum absolute atomic E-state index is 0.0360. The number of rotatable bonds is 2. The van der Waals surface area contributed by atoms with E-state index in [1.807, 2.05) is 19.1 Å². The number of alkyl halides is 1. The second kappa shape index (κ2) is 3.56. The first-order valence-corrected chi connectivity index (χ1v) is 3.86. The smallest absolute Gasteiger partial charge is 0.128 e. The molecule has 1 aliphatic carbocycles. The van der Waals surface area contributed by atoms with Gasteiger partial charge in [0.25, 0.3) is 0 Å². The highest BCUT2D eigenvalue weighted by Crippen LogP contribution is 2.22. The van der Waals surface area contributed by atoms with Crippen LogP contribution in [0.5, 0.6) is 0 Å². The van der Waals surface area contributed by atoms with Gasteiger partial charge in [0.15, 0.2) is 0 Å². The molecule has 0 aromatic carbocycles. The first kappa shape index (κ1) is 8.31. The van der Waals surface area contributed by atoms with Gasteiger partial charge in [0.2, 0.25) is 0 Å². The van der Waals surface area contributed by atoms with E-state index in [0.29, 0.717) is 5.76 Å². The first-order valence-electron chi connectivity index (χ1n) is 3.86. The van der Waals surface area contributed by atoms with Gasteiger partial charge in [-0.2, -0.15) is 0 Å². The van der Waals surface area contributed by atoms with E-state index in [0.717, 1.165) is 6.42 Å². The van der Waals surface area contributed by atoms with E-state index >= 15 is 0 Å². The summed E-state index contributed by atoms with van der Waals surface area (Å²) in [6, 6.07) is 0. The fourth-order valence-corrected chi connectivity index (χ4v) is 1.16. The van der Waals surface area contributed by atoms with Crippen LogP contribution < -0.4 is 0 Å². The van der Waals surface area contributed by atoms with Crippen molar-refractivity contribution in [1.29, 1.82) is 0 Å². The predicted octanol–water partition coefficient (Wildman–Crippen LogP) is 2.45. The topological polar surface area (TPSA) is 9.23 Å². The van der Waals surface area contributed by atoms with E-state index in [4.69, 9.17) is 4.74 Å². The van der Waals surface area contributed by atoms with Gasteiger partial charge in [-0.05, 0) is 18.6 Å². The minimum Gasteiger partial charge on any atom is -0.497 e. The molecule has 1 aliphatic rings. The highest BCUT2D eigenvalue weighted by molar-refractivity contribution is 5.21. The van der Waals surface area contributed by atoms with Gasteiger partial charge in [0.1, 0.15) is 11.9 Å². The van der Waals surface area contributed by atoms with Crippen molar-refractivity contribution in [3.63, 3.8) is 0 Å². The number of hydrogen-bond acceptors (Lipinski definition) is 1. The molecule has 0 saturated carbocycles. The van der Waals surface area contributed by atoms with Crippen LogP contribution in [-0.2, 0) is 4.74 Å². The molecule has 2 heteroatoms. The van der Waals surface area contributed by atoms with Gasteiger partial charge in [-0.15, -0.1) is 0 Å². The third kappa shape index (κ3) is 1.82. The number of methoxy groups -OCH3 is 1. The molecule has 0 N–H and O–H groups in total. The van der Waals surface area contributed by atoms with Crippen LogP contribution in [0.1, 0.15) is 13.3 Å². The highest BCUT2D eigenvalue weighted by atomic mass is 19.1. The monoisotopic (exact) mass is 156 g/mol. The van der Waals surface area contributed by atoms with E-state index in [2.05, 4.69) is 0 Å². The molecule has 0 amide bonds. The summed E-state index contributed by atoms with van der Waals surface area (Å²) in [5, 5.41) is 0. The summed E-state index contributed by atoms with van der Waals surface area (Å²) in [5.41, 5.74) is 0. The molecule has 0 aromatic rings. The fourth-order valence-electron chi connectivity index (χ4n) is 1.16. The molecule has 0 aromatic heterocycles. The number of ether oxygens (including phenoxy) is 1. The van der Waals surface area contributed by atoms with Crippen molar-refractivity contribution in [3.8, 4) is 0 Å². The van der Waals surface area contributed by atoms with Gasteiger partial charge < -0.3 is 4.74 Å². The van der Waals surface area contributed by atoms with Crippen molar-refractivity contribution < 1.29 is 9.13 Å². The summed E-state index contributed by atoms with van der Waals surface area (Å²) >= 11 is 0. The molecule has 0 spiro atoms. The number of allylic oxidation sites excluding steroid dienone is 3. The number of hydrogen-bond donors (Lipinski definition) is 0. The Morgan fingerprint density at radius 2 is 2.36 bits per heavy atom. The number of halogens is 1. The Labute approximate surface area is 66.6 Å². The largest absolute Gasteiger partial charge is 0.497 e. The van der Waals surface area contributed by atoms with Crippen molar-refractivity contribution >= 4 is 0 Å². The van der Waals surface area contributed by atoms with Gasteiger partial charge in [-0.3, -0.25) is 0 Å². The molecule has 11 heavy (non-hydrogen) atoms. The van der Waals surface area contributed by atoms with E-state index < -0.39 is 6.17 Å². The summed E-state index contributed by atoms with van der Waals surface area (Å²) in [6.07, 6.45) is 5.17. The van der Waals surface area contributed by atoms with Crippen LogP contribution in [0.3, 0.4) is 0 Å². The van der Waals surface area contributed by atoms with Gasteiger partial charge in [-0.25, -0.2) is 4.39 Å². The van der Waals surface area contributed by atoms with Crippen LogP contribution >= 0.6 is 0 Å². The molecular formula is C9H13FO. The molecule has 0 aliphatic heterocycles. The van der Waals surface area contributed by atoms with E-state index in [9.17, 15) is 4.39 Å². The van der Waals surface area contributed by atoms with Crippen LogP contribution in [0.25, 0.3) is 0 Å². The summed E-state index contributed by atoms with van der Waals surface area (Å²) < 4.78 is 18.0. The molecule has 0 radical (unpaired) electrons. The average Bonchev–Trinajstić information content (AvgIpc) is 2.04. The van der Waals surface area contributed by atoms with Crippen molar-refractivity contribution in [1.82, 2.24) is 0 Å². The Balaban J connectivity index is 2.63. The van der Waals surface area contributed by atoms with Gasteiger partial charge >= 0.3 is 0 Å². The molecule has 2 atom stereocenters. The van der Waals surface area contributed by atoms with Crippen molar-refractivity contribution in [2.24, 2.45) is 5.92 Å². The molecule has 0 saturated heterocycles. The molecule has 0 bridgehead atoms. The summed E-state index contributed by atoms with van der Waals surface area (Å²) in [7, 11) is 1.55. The summed E-state index contributed by atoms with van der Waals surface area (Å²) in [5.74, 6) is 0.663. The third-order valence-corrected chi connectivity index (χ3v) is 1.95. The fraction of sp³-hybridized carbons (Fsp3) is 0.556. The zero-order valence-electron chi connectivity index (χ0n) is 6.88. The Hall–Kier alpha value is -0.790. The predicted molar refractivity (Wildman–Crippen MR) is 42.9 cm³/mol. The lowest BCUT2D eigenvalue weighted by atomic mass is 9.96. The van der Waals surface area contributed by atoms with Gasteiger partial charge in [0.05, 0.1) is 7.11 Å². The van der Waals surface area contributed by atoms with Crippen LogP contribution in [0.2, 0.25) is 0 Å². The second-order valence-electron chi connectivity index (χ2n) is 2.65. The molecular weight excluding hydrogens is 143 g/mol. The Morgan fingerprint density at radius 1 is 1.64 bits per heavy atom. The normalized spacial score (nSPS) is 29.9. The van der Waals surface area contributed by atoms with Crippen LogP contribution in [0.15, 0.2) is 24.0 Å². The Kier molecular flexibility index (Phi) is 2.69. The second-order valence-corrected chi connectivity index (χ2v) is 2.65.